The van der Waals surface area contributed by atoms with Crippen molar-refractivity contribution in [3.63, 3.8) is 0 Å². The van der Waals surface area contributed by atoms with E-state index in [2.05, 4.69) is 241 Å². The van der Waals surface area contributed by atoms with Crippen molar-refractivity contribution in [2.45, 2.75) is 32.2 Å². The number of anilines is 3. The first kappa shape index (κ1) is 40.6. The molecule has 66 heavy (non-hydrogen) atoms. The Kier molecular flexibility index (Phi) is 10.9. The minimum Gasteiger partial charge on any atom is -0.491 e. The number of hydrogen-bond acceptors (Lipinski definition) is 4. The average molecular weight is 880 g/mol. The van der Waals surface area contributed by atoms with Crippen molar-refractivity contribution in [1.29, 1.82) is 0 Å². The minimum atomic E-state index is -0.125. The van der Waals surface area contributed by atoms with Crippen LogP contribution in [0.2, 0.25) is 0 Å². The van der Waals surface area contributed by atoms with E-state index in [1.165, 1.54) is 85.8 Å². The first-order chi connectivity index (χ1) is 32.7. The molecule has 0 amide bonds. The van der Waals surface area contributed by atoms with Gasteiger partial charge in [0, 0.05) is 36.5 Å². The zero-order valence-electron chi connectivity index (χ0n) is 36.3. The van der Waals surface area contributed by atoms with Crippen LogP contribution in [0.25, 0.3) is 44.2 Å². The number of rotatable bonds is 8. The highest BCUT2D eigenvalue weighted by Crippen LogP contribution is 2.54. The number of fused-ring (bicyclic) bond motifs is 4. The van der Waals surface area contributed by atoms with Crippen molar-refractivity contribution < 1.29 is 4.57 Å². The lowest BCUT2D eigenvalue weighted by atomic mass is 9.51. The molecule has 0 fully saturated rings. The van der Waals surface area contributed by atoms with E-state index in [9.17, 15) is 0 Å². The molecule has 12 rings (SSSR count). The van der Waals surface area contributed by atoms with E-state index in [0.29, 0.717) is 0 Å². The molecule has 10 aromatic carbocycles. The third-order valence-corrected chi connectivity index (χ3v) is 15.6. The van der Waals surface area contributed by atoms with E-state index in [-0.39, 0.29) is 13.8 Å². The van der Waals surface area contributed by atoms with Crippen molar-refractivity contribution in [3.05, 3.63) is 248 Å². The SMILES string of the molecule is c1ccc(B2Cc3cccc(-c4cc5c(cc4N(c4ccc(-c6ccccc6)cc4)c4ccc6cc(-c7ccccc7)ccc6c4)Sc4ccccc4S5)c3CB(c3ccccc3)O2)cc1. The number of hydrogen-bond donors (Lipinski definition) is 0. The van der Waals surface area contributed by atoms with Crippen LogP contribution in [-0.2, 0) is 17.2 Å². The molecule has 0 saturated heterocycles. The predicted octanol–water partition coefficient (Wildman–Crippen LogP) is 14.9. The molecule has 10 aromatic rings. The van der Waals surface area contributed by atoms with Gasteiger partial charge < -0.3 is 9.47 Å². The molecule has 312 valence electrons. The van der Waals surface area contributed by atoms with Crippen LogP contribution in [0.1, 0.15) is 11.1 Å². The molecule has 2 aliphatic rings. The van der Waals surface area contributed by atoms with Gasteiger partial charge in [-0.1, -0.05) is 206 Å². The fourth-order valence-electron chi connectivity index (χ4n) is 9.74. The fourth-order valence-corrected chi connectivity index (χ4v) is 12.0. The Hall–Kier alpha value is -6.95. The molecule has 2 nitrogen and oxygen atoms in total. The van der Waals surface area contributed by atoms with E-state index in [1.807, 2.05) is 23.5 Å². The van der Waals surface area contributed by atoms with Crippen LogP contribution in [0.4, 0.5) is 17.1 Å². The van der Waals surface area contributed by atoms with Gasteiger partial charge in [0.05, 0.1) is 5.69 Å². The van der Waals surface area contributed by atoms with E-state index in [0.717, 1.165) is 29.7 Å². The van der Waals surface area contributed by atoms with Gasteiger partial charge in [0.25, 0.3) is 0 Å². The third kappa shape index (κ3) is 7.96. The van der Waals surface area contributed by atoms with Gasteiger partial charge in [-0.2, -0.15) is 0 Å². The molecule has 0 aromatic heterocycles. The normalized spacial score (nSPS) is 13.1. The lowest BCUT2D eigenvalue weighted by molar-refractivity contribution is 0.607. The Labute approximate surface area is 396 Å². The maximum atomic E-state index is 7.21. The molecule has 2 aliphatic heterocycles. The van der Waals surface area contributed by atoms with Crippen molar-refractivity contribution in [3.8, 4) is 33.4 Å². The smallest absolute Gasteiger partial charge is 0.316 e. The summed E-state index contributed by atoms with van der Waals surface area (Å²) in [4.78, 5) is 7.60. The molecule has 0 aliphatic carbocycles. The molecule has 0 N–H and O–H groups in total. The topological polar surface area (TPSA) is 12.5 Å². The highest BCUT2D eigenvalue weighted by molar-refractivity contribution is 8.05. The largest absolute Gasteiger partial charge is 0.491 e. The molecule has 0 saturated carbocycles. The molecule has 0 radical (unpaired) electrons. The molecule has 0 unspecified atom stereocenters. The molecule has 0 bridgehead atoms. The fraction of sp³-hybridized carbons (Fsp3) is 0.0333. The zero-order chi connectivity index (χ0) is 43.8. The summed E-state index contributed by atoms with van der Waals surface area (Å²) in [5, 5.41) is 2.40. The quantitative estimate of drug-likeness (QED) is 0.141. The summed E-state index contributed by atoms with van der Waals surface area (Å²) in [7, 11) is 0. The Morgan fingerprint density at radius 1 is 0.364 bits per heavy atom. The highest BCUT2D eigenvalue weighted by atomic mass is 32.2. The first-order valence-electron chi connectivity index (χ1n) is 22.7. The standard InChI is InChI=1S/C60H43B2NOS2/c1-5-16-42(17-6-1)44-30-33-51(34-31-44)63(52-35-32-46-36-45(28-29-47(46)37-52)43-18-7-2-8-19-43)56-39-60-59(65-57-26-13-14-27-58(57)66-60)38-54(56)53-25-15-20-48-40-61(49-21-9-3-10-22-49)64-62(41-55(48)53)50-23-11-4-12-24-50/h1-39H,40-41H2. The van der Waals surface area contributed by atoms with Gasteiger partial charge in [-0.3, -0.25) is 0 Å². The average Bonchev–Trinajstić information content (AvgIpc) is 3.60. The van der Waals surface area contributed by atoms with Crippen LogP contribution < -0.4 is 15.8 Å². The second-order valence-electron chi connectivity index (χ2n) is 17.1. The highest BCUT2D eigenvalue weighted by Gasteiger charge is 2.34. The Balaban J connectivity index is 1.07. The van der Waals surface area contributed by atoms with Gasteiger partial charge >= 0.3 is 13.8 Å². The second-order valence-corrected chi connectivity index (χ2v) is 19.3. The summed E-state index contributed by atoms with van der Waals surface area (Å²) in [6.45, 7) is -0.210. The van der Waals surface area contributed by atoms with Crippen LogP contribution in [-0.4, -0.2) is 13.8 Å². The van der Waals surface area contributed by atoms with E-state index in [1.54, 1.807) is 0 Å². The van der Waals surface area contributed by atoms with Crippen LogP contribution in [0, 0.1) is 0 Å². The summed E-state index contributed by atoms with van der Waals surface area (Å²) < 4.78 is 7.21. The van der Waals surface area contributed by atoms with Crippen molar-refractivity contribution in [2.24, 2.45) is 0 Å². The van der Waals surface area contributed by atoms with Gasteiger partial charge in [0.15, 0.2) is 0 Å². The second kappa shape index (κ2) is 17.8. The van der Waals surface area contributed by atoms with Crippen LogP contribution in [0.3, 0.4) is 0 Å². The third-order valence-electron chi connectivity index (χ3n) is 13.0. The van der Waals surface area contributed by atoms with Crippen molar-refractivity contribution >= 4 is 76.1 Å². The van der Waals surface area contributed by atoms with Gasteiger partial charge in [-0.25, -0.2) is 0 Å². The summed E-state index contributed by atoms with van der Waals surface area (Å²) in [6, 6.07) is 86.5. The minimum absolute atomic E-state index is 0.0843. The Bertz CT molecular complexity index is 3350. The maximum absolute atomic E-state index is 7.21. The summed E-state index contributed by atoms with van der Waals surface area (Å²) in [6.07, 6.45) is 1.54. The van der Waals surface area contributed by atoms with Crippen LogP contribution in [0.5, 0.6) is 0 Å². The Morgan fingerprint density at radius 3 is 1.55 bits per heavy atom. The number of benzene rings is 10. The molecular weight excluding hydrogens is 836 g/mol. The van der Waals surface area contributed by atoms with Crippen molar-refractivity contribution in [2.75, 3.05) is 4.90 Å². The summed E-state index contributed by atoms with van der Waals surface area (Å²) in [5.74, 6) is 0. The van der Waals surface area contributed by atoms with Gasteiger partial charge in [-0.15, -0.1) is 0 Å². The first-order valence-corrected chi connectivity index (χ1v) is 24.4. The Morgan fingerprint density at radius 2 is 0.879 bits per heavy atom. The van der Waals surface area contributed by atoms with E-state index >= 15 is 0 Å². The van der Waals surface area contributed by atoms with E-state index in [4.69, 9.17) is 4.57 Å². The summed E-state index contributed by atoms with van der Waals surface area (Å²) >= 11 is 3.75. The lowest BCUT2D eigenvalue weighted by Crippen LogP contribution is -2.45. The number of nitrogens with zero attached hydrogens (tertiary/aromatic N) is 1. The monoisotopic (exact) mass is 879 g/mol. The molecule has 0 spiro atoms. The van der Waals surface area contributed by atoms with Crippen LogP contribution >= 0.6 is 23.5 Å². The van der Waals surface area contributed by atoms with Crippen LogP contribution in [0.15, 0.2) is 256 Å². The molecule has 2 heterocycles. The lowest BCUT2D eigenvalue weighted by Gasteiger charge is -2.31. The van der Waals surface area contributed by atoms with Crippen molar-refractivity contribution in [1.82, 2.24) is 0 Å². The predicted molar refractivity (Wildman–Crippen MR) is 282 cm³/mol. The van der Waals surface area contributed by atoms with Gasteiger partial charge in [-0.05, 0) is 128 Å². The molecular formula is C60H43B2NOS2. The van der Waals surface area contributed by atoms with E-state index < -0.39 is 0 Å². The zero-order valence-corrected chi connectivity index (χ0v) is 37.9. The molecule has 0 atom stereocenters. The maximum Gasteiger partial charge on any atom is 0.316 e. The van der Waals surface area contributed by atoms with Gasteiger partial charge in [0.1, 0.15) is 0 Å². The summed E-state index contributed by atoms with van der Waals surface area (Å²) in [5.41, 5.74) is 15.7. The molecule has 6 heteroatoms. The van der Waals surface area contributed by atoms with Gasteiger partial charge in [0.2, 0.25) is 0 Å².